The van der Waals surface area contributed by atoms with E-state index in [1.807, 2.05) is 25.1 Å². The molecule has 0 unspecified atom stereocenters. The summed E-state index contributed by atoms with van der Waals surface area (Å²) in [6.45, 7) is 1.93. The first-order valence-electron chi connectivity index (χ1n) is 5.52. The largest absolute Gasteiger partial charge is 0.457 e. The van der Waals surface area contributed by atoms with Crippen molar-refractivity contribution in [2.24, 2.45) is 5.14 Å². The van der Waals surface area contributed by atoms with Crippen LogP contribution in [0.2, 0.25) is 0 Å². The Kier molecular flexibility index (Phi) is 3.46. The minimum atomic E-state index is -3.81. The number of rotatable bonds is 3. The standard InChI is InChI=1S/C13H14N2O3S/c1-9-3-2-4-11(5-9)18-12-6-10(14)7-13(8-12)19(15,16)17/h2-8H,14H2,1H3,(H2,15,16,17). The van der Waals surface area contributed by atoms with Gasteiger partial charge in [0.2, 0.25) is 10.0 Å². The lowest BCUT2D eigenvalue weighted by molar-refractivity contribution is 0.480. The van der Waals surface area contributed by atoms with E-state index in [2.05, 4.69) is 0 Å². The van der Waals surface area contributed by atoms with E-state index >= 15 is 0 Å². The van der Waals surface area contributed by atoms with Crippen LogP contribution in [0.1, 0.15) is 5.56 Å². The summed E-state index contributed by atoms with van der Waals surface area (Å²) in [5, 5.41) is 5.07. The minimum absolute atomic E-state index is 0.0739. The van der Waals surface area contributed by atoms with Gasteiger partial charge in [0, 0.05) is 17.8 Å². The molecule has 0 aliphatic heterocycles. The molecular formula is C13H14N2O3S. The molecule has 0 aromatic heterocycles. The first-order valence-corrected chi connectivity index (χ1v) is 7.07. The Balaban J connectivity index is 2.38. The zero-order chi connectivity index (χ0) is 14.0. The van der Waals surface area contributed by atoms with Crippen LogP contribution in [0.3, 0.4) is 0 Å². The van der Waals surface area contributed by atoms with E-state index in [4.69, 9.17) is 15.6 Å². The van der Waals surface area contributed by atoms with Crippen LogP contribution < -0.4 is 15.6 Å². The van der Waals surface area contributed by atoms with E-state index in [9.17, 15) is 8.42 Å². The monoisotopic (exact) mass is 278 g/mol. The van der Waals surface area contributed by atoms with E-state index in [1.165, 1.54) is 18.2 Å². The Labute approximate surface area is 111 Å². The van der Waals surface area contributed by atoms with Crippen LogP contribution in [0.25, 0.3) is 0 Å². The van der Waals surface area contributed by atoms with Gasteiger partial charge in [-0.2, -0.15) is 0 Å². The second-order valence-corrected chi connectivity index (χ2v) is 5.76. The number of ether oxygens (including phenoxy) is 1. The van der Waals surface area contributed by atoms with Crippen molar-refractivity contribution < 1.29 is 13.2 Å². The topological polar surface area (TPSA) is 95.4 Å². The minimum Gasteiger partial charge on any atom is -0.457 e. The normalized spacial score (nSPS) is 11.3. The zero-order valence-electron chi connectivity index (χ0n) is 10.3. The predicted molar refractivity (Wildman–Crippen MR) is 73.5 cm³/mol. The Hall–Kier alpha value is -2.05. The molecule has 0 amide bonds. The number of sulfonamides is 1. The molecule has 2 aromatic carbocycles. The lowest BCUT2D eigenvalue weighted by Gasteiger charge is -2.09. The molecule has 6 heteroatoms. The Morgan fingerprint density at radius 2 is 1.79 bits per heavy atom. The van der Waals surface area contributed by atoms with Gasteiger partial charge < -0.3 is 10.5 Å². The number of primary sulfonamides is 1. The van der Waals surface area contributed by atoms with Gasteiger partial charge in [-0.25, -0.2) is 13.6 Å². The number of anilines is 1. The molecule has 0 aliphatic rings. The van der Waals surface area contributed by atoms with E-state index in [0.29, 0.717) is 11.5 Å². The highest BCUT2D eigenvalue weighted by atomic mass is 32.2. The molecule has 2 aromatic rings. The summed E-state index contributed by atoms with van der Waals surface area (Å²) >= 11 is 0. The first-order chi connectivity index (χ1) is 8.84. The lowest BCUT2D eigenvalue weighted by atomic mass is 10.2. The zero-order valence-corrected chi connectivity index (χ0v) is 11.1. The summed E-state index contributed by atoms with van der Waals surface area (Å²) in [6.07, 6.45) is 0. The van der Waals surface area contributed by atoms with Crippen LogP contribution in [0, 0.1) is 6.92 Å². The van der Waals surface area contributed by atoms with Crippen molar-refractivity contribution in [3.8, 4) is 11.5 Å². The molecule has 0 bridgehead atoms. The molecule has 19 heavy (non-hydrogen) atoms. The van der Waals surface area contributed by atoms with E-state index in [1.54, 1.807) is 6.07 Å². The van der Waals surface area contributed by atoms with Crippen molar-refractivity contribution in [2.45, 2.75) is 11.8 Å². The third-order valence-electron chi connectivity index (χ3n) is 2.46. The van der Waals surface area contributed by atoms with Crippen LogP contribution in [-0.4, -0.2) is 8.42 Å². The number of benzene rings is 2. The fourth-order valence-electron chi connectivity index (χ4n) is 1.63. The molecule has 4 N–H and O–H groups in total. The van der Waals surface area contributed by atoms with Gasteiger partial charge in [0.25, 0.3) is 0 Å². The van der Waals surface area contributed by atoms with Gasteiger partial charge in [0.1, 0.15) is 11.5 Å². The summed E-state index contributed by atoms with van der Waals surface area (Å²) < 4.78 is 28.2. The molecule has 100 valence electrons. The third kappa shape index (κ3) is 3.46. The molecule has 0 saturated heterocycles. The van der Waals surface area contributed by atoms with Crippen molar-refractivity contribution in [3.05, 3.63) is 48.0 Å². The second-order valence-electron chi connectivity index (χ2n) is 4.20. The highest BCUT2D eigenvalue weighted by molar-refractivity contribution is 7.89. The van der Waals surface area contributed by atoms with Crippen molar-refractivity contribution in [3.63, 3.8) is 0 Å². The number of nitrogen functional groups attached to an aromatic ring is 1. The number of aryl methyl sites for hydroxylation is 1. The molecule has 0 aliphatic carbocycles. The highest BCUT2D eigenvalue weighted by Crippen LogP contribution is 2.26. The third-order valence-corrected chi connectivity index (χ3v) is 3.35. The molecule has 5 nitrogen and oxygen atoms in total. The van der Waals surface area contributed by atoms with Gasteiger partial charge in [-0.15, -0.1) is 0 Å². The molecule has 0 atom stereocenters. The van der Waals surface area contributed by atoms with Gasteiger partial charge in [-0.1, -0.05) is 12.1 Å². The summed E-state index contributed by atoms with van der Waals surface area (Å²) in [5.41, 5.74) is 6.95. The molecule has 0 fully saturated rings. The quantitative estimate of drug-likeness (QED) is 0.839. The van der Waals surface area contributed by atoms with Crippen molar-refractivity contribution in [1.82, 2.24) is 0 Å². The molecule has 2 rings (SSSR count). The maximum Gasteiger partial charge on any atom is 0.238 e. The van der Waals surface area contributed by atoms with Crippen molar-refractivity contribution in [1.29, 1.82) is 0 Å². The van der Waals surface area contributed by atoms with Gasteiger partial charge in [-0.3, -0.25) is 0 Å². The van der Waals surface area contributed by atoms with Gasteiger partial charge in [0.15, 0.2) is 0 Å². The fraction of sp³-hybridized carbons (Fsp3) is 0.0769. The number of nitrogens with two attached hydrogens (primary N) is 2. The van der Waals surface area contributed by atoms with E-state index < -0.39 is 10.0 Å². The Morgan fingerprint density at radius 1 is 1.05 bits per heavy atom. The highest BCUT2D eigenvalue weighted by Gasteiger charge is 2.11. The molecule has 0 radical (unpaired) electrons. The lowest BCUT2D eigenvalue weighted by Crippen LogP contribution is -2.12. The predicted octanol–water partition coefficient (Wildman–Crippen LogP) is 2.02. The van der Waals surface area contributed by atoms with Crippen molar-refractivity contribution in [2.75, 3.05) is 5.73 Å². The van der Waals surface area contributed by atoms with E-state index in [-0.39, 0.29) is 10.6 Å². The van der Waals surface area contributed by atoms with Crippen LogP contribution in [0.5, 0.6) is 11.5 Å². The fourth-order valence-corrected chi connectivity index (χ4v) is 2.21. The van der Waals surface area contributed by atoms with Crippen LogP contribution in [-0.2, 0) is 10.0 Å². The average Bonchev–Trinajstić information content (AvgIpc) is 2.26. The molecular weight excluding hydrogens is 264 g/mol. The van der Waals surface area contributed by atoms with Crippen LogP contribution in [0.4, 0.5) is 5.69 Å². The summed E-state index contributed by atoms with van der Waals surface area (Å²) in [4.78, 5) is -0.0739. The maximum atomic E-state index is 11.3. The SMILES string of the molecule is Cc1cccc(Oc2cc(N)cc(S(N)(=O)=O)c2)c1. The summed E-state index contributed by atoms with van der Waals surface area (Å²) in [7, 11) is -3.81. The molecule has 0 heterocycles. The summed E-state index contributed by atoms with van der Waals surface area (Å²) in [6, 6.07) is 11.6. The number of hydrogen-bond donors (Lipinski definition) is 2. The first kappa shape index (κ1) is 13.4. The van der Waals surface area contributed by atoms with Gasteiger partial charge >= 0.3 is 0 Å². The van der Waals surface area contributed by atoms with Crippen LogP contribution >= 0.6 is 0 Å². The average molecular weight is 278 g/mol. The summed E-state index contributed by atoms with van der Waals surface area (Å²) in [5.74, 6) is 0.931. The van der Waals surface area contributed by atoms with Gasteiger partial charge in [0.05, 0.1) is 4.90 Å². The maximum absolute atomic E-state index is 11.3. The number of hydrogen-bond acceptors (Lipinski definition) is 4. The van der Waals surface area contributed by atoms with Gasteiger partial charge in [-0.05, 0) is 30.7 Å². The Bertz CT molecular complexity index is 712. The smallest absolute Gasteiger partial charge is 0.238 e. The molecule has 0 saturated carbocycles. The van der Waals surface area contributed by atoms with E-state index in [0.717, 1.165) is 5.56 Å². The Morgan fingerprint density at radius 3 is 2.42 bits per heavy atom. The second kappa shape index (κ2) is 4.91. The van der Waals surface area contributed by atoms with Crippen LogP contribution in [0.15, 0.2) is 47.4 Å². The van der Waals surface area contributed by atoms with Crippen molar-refractivity contribution >= 4 is 15.7 Å². The molecule has 0 spiro atoms.